The molecule has 0 radical (unpaired) electrons. The van der Waals surface area contributed by atoms with Crippen molar-refractivity contribution in [2.75, 3.05) is 0 Å². The molecule has 1 fully saturated rings. The quantitative estimate of drug-likeness (QED) is 0.736. The van der Waals surface area contributed by atoms with Crippen LogP contribution in [0.3, 0.4) is 0 Å². The second kappa shape index (κ2) is 5.16. The van der Waals surface area contributed by atoms with Gasteiger partial charge in [-0.25, -0.2) is 0 Å². The molecule has 0 aromatic heterocycles. The summed E-state index contributed by atoms with van der Waals surface area (Å²) in [6, 6.07) is 0. The van der Waals surface area contributed by atoms with Gasteiger partial charge < -0.3 is 5.11 Å². The third-order valence-corrected chi connectivity index (χ3v) is 3.62. The lowest BCUT2D eigenvalue weighted by Crippen LogP contribution is -2.25. The van der Waals surface area contributed by atoms with Gasteiger partial charge in [0.05, 0.1) is 6.10 Å². The van der Waals surface area contributed by atoms with Crippen molar-refractivity contribution >= 4 is 0 Å². The Hall–Kier alpha value is -0.0400. The SMILES string of the molecule is CC1CC(C)CC(CC(O)C(C)C)C1. The fraction of sp³-hybridized carbons (Fsp3) is 1.00. The molecule has 0 amide bonds. The summed E-state index contributed by atoms with van der Waals surface area (Å²) in [4.78, 5) is 0. The number of rotatable bonds is 3. The number of hydrogen-bond acceptors (Lipinski definition) is 1. The molecule has 3 unspecified atom stereocenters. The summed E-state index contributed by atoms with van der Waals surface area (Å²) in [6.45, 7) is 8.93. The van der Waals surface area contributed by atoms with Gasteiger partial charge in [-0.15, -0.1) is 0 Å². The molecule has 0 saturated heterocycles. The zero-order chi connectivity index (χ0) is 10.7. The van der Waals surface area contributed by atoms with Gasteiger partial charge in [-0.05, 0) is 49.4 Å². The van der Waals surface area contributed by atoms with E-state index in [-0.39, 0.29) is 6.10 Å². The van der Waals surface area contributed by atoms with E-state index in [0.29, 0.717) is 5.92 Å². The van der Waals surface area contributed by atoms with Crippen LogP contribution in [0.15, 0.2) is 0 Å². The summed E-state index contributed by atoms with van der Waals surface area (Å²) in [5, 5.41) is 9.85. The van der Waals surface area contributed by atoms with Gasteiger partial charge in [0, 0.05) is 0 Å². The fourth-order valence-corrected chi connectivity index (χ4v) is 2.92. The zero-order valence-electron chi connectivity index (χ0n) is 10.2. The molecule has 1 rings (SSSR count). The van der Waals surface area contributed by atoms with E-state index in [1.54, 1.807) is 0 Å². The van der Waals surface area contributed by atoms with E-state index >= 15 is 0 Å². The molecular weight excluding hydrogens is 172 g/mol. The lowest BCUT2D eigenvalue weighted by molar-refractivity contribution is 0.0749. The second-order valence-corrected chi connectivity index (χ2v) is 5.83. The third-order valence-electron chi connectivity index (χ3n) is 3.62. The molecule has 3 atom stereocenters. The molecule has 14 heavy (non-hydrogen) atoms. The summed E-state index contributed by atoms with van der Waals surface area (Å²) < 4.78 is 0. The lowest BCUT2D eigenvalue weighted by atomic mass is 9.74. The molecule has 1 aliphatic carbocycles. The minimum atomic E-state index is -0.0856. The maximum Gasteiger partial charge on any atom is 0.0565 e. The Morgan fingerprint density at radius 1 is 1.07 bits per heavy atom. The zero-order valence-corrected chi connectivity index (χ0v) is 10.2. The van der Waals surface area contributed by atoms with Crippen molar-refractivity contribution in [3.63, 3.8) is 0 Å². The highest BCUT2D eigenvalue weighted by molar-refractivity contribution is 4.77. The van der Waals surface area contributed by atoms with Crippen LogP contribution >= 0.6 is 0 Å². The summed E-state index contributed by atoms with van der Waals surface area (Å²) in [7, 11) is 0. The Kier molecular flexibility index (Phi) is 4.43. The first-order valence-corrected chi connectivity index (χ1v) is 6.17. The van der Waals surface area contributed by atoms with Crippen LogP contribution in [0, 0.1) is 23.7 Å². The van der Waals surface area contributed by atoms with Gasteiger partial charge in [0.2, 0.25) is 0 Å². The molecule has 0 spiro atoms. The largest absolute Gasteiger partial charge is 0.393 e. The maximum atomic E-state index is 9.85. The van der Waals surface area contributed by atoms with Crippen molar-refractivity contribution in [3.05, 3.63) is 0 Å². The molecule has 1 N–H and O–H groups in total. The first-order chi connectivity index (χ1) is 6.49. The van der Waals surface area contributed by atoms with Crippen molar-refractivity contribution in [1.82, 2.24) is 0 Å². The molecule has 0 aromatic carbocycles. The molecule has 1 aliphatic rings. The molecule has 0 bridgehead atoms. The fourth-order valence-electron chi connectivity index (χ4n) is 2.92. The highest BCUT2D eigenvalue weighted by Gasteiger charge is 2.26. The average molecular weight is 198 g/mol. The Morgan fingerprint density at radius 2 is 1.57 bits per heavy atom. The highest BCUT2D eigenvalue weighted by atomic mass is 16.3. The Morgan fingerprint density at radius 3 is 2.00 bits per heavy atom. The number of hydrogen-bond donors (Lipinski definition) is 1. The van der Waals surface area contributed by atoms with Crippen molar-refractivity contribution in [2.24, 2.45) is 23.7 Å². The van der Waals surface area contributed by atoms with E-state index in [9.17, 15) is 5.11 Å². The normalized spacial score (nSPS) is 36.0. The van der Waals surface area contributed by atoms with Gasteiger partial charge in [-0.2, -0.15) is 0 Å². The highest BCUT2D eigenvalue weighted by Crippen LogP contribution is 2.35. The van der Waals surface area contributed by atoms with Crippen molar-refractivity contribution in [2.45, 2.75) is 59.5 Å². The van der Waals surface area contributed by atoms with E-state index in [0.717, 1.165) is 24.2 Å². The smallest absolute Gasteiger partial charge is 0.0565 e. The first kappa shape index (κ1) is 12.0. The summed E-state index contributed by atoms with van der Waals surface area (Å²) >= 11 is 0. The van der Waals surface area contributed by atoms with Crippen LogP contribution in [-0.2, 0) is 0 Å². The molecule has 1 heteroatoms. The van der Waals surface area contributed by atoms with Crippen LogP contribution in [0.1, 0.15) is 53.4 Å². The topological polar surface area (TPSA) is 20.2 Å². The van der Waals surface area contributed by atoms with E-state index in [2.05, 4.69) is 27.7 Å². The van der Waals surface area contributed by atoms with E-state index < -0.39 is 0 Å². The Balaban J connectivity index is 2.36. The van der Waals surface area contributed by atoms with Gasteiger partial charge >= 0.3 is 0 Å². The minimum absolute atomic E-state index is 0.0856. The van der Waals surface area contributed by atoms with Crippen LogP contribution in [-0.4, -0.2) is 11.2 Å². The third kappa shape index (κ3) is 3.61. The van der Waals surface area contributed by atoms with Gasteiger partial charge in [0.15, 0.2) is 0 Å². The molecule has 1 nitrogen and oxygen atoms in total. The van der Waals surface area contributed by atoms with E-state index in [4.69, 9.17) is 0 Å². The van der Waals surface area contributed by atoms with Gasteiger partial charge in [-0.1, -0.05) is 27.7 Å². The number of aliphatic hydroxyl groups is 1. The van der Waals surface area contributed by atoms with Gasteiger partial charge in [-0.3, -0.25) is 0 Å². The molecule has 1 saturated carbocycles. The van der Waals surface area contributed by atoms with Crippen LogP contribution < -0.4 is 0 Å². The van der Waals surface area contributed by atoms with Crippen LogP contribution in [0.2, 0.25) is 0 Å². The molecule has 0 aliphatic heterocycles. The summed E-state index contributed by atoms with van der Waals surface area (Å²) in [5.41, 5.74) is 0. The number of aliphatic hydroxyl groups excluding tert-OH is 1. The maximum absolute atomic E-state index is 9.85. The van der Waals surface area contributed by atoms with E-state index in [1.807, 2.05) is 0 Å². The first-order valence-electron chi connectivity index (χ1n) is 6.17. The predicted molar refractivity (Wildman–Crippen MR) is 61.1 cm³/mol. The molecule has 0 heterocycles. The van der Waals surface area contributed by atoms with Crippen LogP contribution in [0.25, 0.3) is 0 Å². The molecule has 0 aromatic rings. The van der Waals surface area contributed by atoms with Crippen molar-refractivity contribution in [3.8, 4) is 0 Å². The lowest BCUT2D eigenvalue weighted by Gasteiger charge is -2.33. The average Bonchev–Trinajstić information content (AvgIpc) is 2.01. The Labute approximate surface area is 88.9 Å². The predicted octanol–water partition coefficient (Wildman–Crippen LogP) is 3.47. The summed E-state index contributed by atoms with van der Waals surface area (Å²) in [6.07, 6.45) is 4.97. The monoisotopic (exact) mass is 198 g/mol. The minimum Gasteiger partial charge on any atom is -0.393 e. The molecule has 84 valence electrons. The van der Waals surface area contributed by atoms with Crippen molar-refractivity contribution in [1.29, 1.82) is 0 Å². The van der Waals surface area contributed by atoms with Gasteiger partial charge in [0.1, 0.15) is 0 Å². The van der Waals surface area contributed by atoms with Crippen LogP contribution in [0.5, 0.6) is 0 Å². The van der Waals surface area contributed by atoms with E-state index in [1.165, 1.54) is 19.3 Å². The Bertz CT molecular complexity index is 155. The van der Waals surface area contributed by atoms with Crippen LogP contribution in [0.4, 0.5) is 0 Å². The van der Waals surface area contributed by atoms with Crippen molar-refractivity contribution < 1.29 is 5.11 Å². The second-order valence-electron chi connectivity index (χ2n) is 5.83. The molecular formula is C13H26O. The standard InChI is InChI=1S/C13H26O/c1-9(2)13(14)8-12-6-10(3)5-11(4)7-12/h9-14H,5-8H2,1-4H3. The summed E-state index contributed by atoms with van der Waals surface area (Å²) in [5.74, 6) is 2.92. The van der Waals surface area contributed by atoms with Gasteiger partial charge in [0.25, 0.3) is 0 Å².